The molecule has 0 spiro atoms. The van der Waals surface area contributed by atoms with Gasteiger partial charge in [0.1, 0.15) is 18.2 Å². The molecule has 0 aliphatic carbocycles. The number of alkyl carbamates (subject to hydrolysis) is 1. The van der Waals surface area contributed by atoms with Crippen molar-refractivity contribution in [2.24, 2.45) is 0 Å². The van der Waals surface area contributed by atoms with Crippen molar-refractivity contribution < 1.29 is 33.1 Å². The molecule has 0 bridgehead atoms. The third-order valence-corrected chi connectivity index (χ3v) is 6.51. The van der Waals surface area contributed by atoms with Crippen LogP contribution in [0, 0.1) is 0 Å². The highest BCUT2D eigenvalue weighted by atomic mass is 16.5. The highest BCUT2D eigenvalue weighted by molar-refractivity contribution is 5.98. The summed E-state index contributed by atoms with van der Waals surface area (Å²) in [4.78, 5) is 49.8. The van der Waals surface area contributed by atoms with Crippen molar-refractivity contribution in [2.75, 3.05) is 20.2 Å². The fourth-order valence-electron chi connectivity index (χ4n) is 4.24. The van der Waals surface area contributed by atoms with Crippen LogP contribution in [0.4, 0.5) is 4.79 Å². The predicted molar refractivity (Wildman–Crippen MR) is 156 cm³/mol. The molecule has 0 aliphatic heterocycles. The first-order valence-electron chi connectivity index (χ1n) is 13.6. The number of fused-ring (bicyclic) bond motifs is 1. The molecule has 3 N–H and O–H groups in total. The molecule has 0 saturated heterocycles. The number of hydrogen-bond donors (Lipinski definition) is 3. The van der Waals surface area contributed by atoms with Gasteiger partial charge < -0.3 is 29.8 Å². The molecule has 0 fully saturated rings. The van der Waals surface area contributed by atoms with Crippen LogP contribution in [0.1, 0.15) is 44.9 Å². The molecular formula is C32H33N3O7. The van der Waals surface area contributed by atoms with Crippen LogP contribution >= 0.6 is 0 Å². The van der Waals surface area contributed by atoms with Crippen LogP contribution in [0.3, 0.4) is 0 Å². The van der Waals surface area contributed by atoms with Crippen molar-refractivity contribution in [1.82, 2.24) is 16.0 Å². The molecule has 0 unspecified atom stereocenters. The Labute approximate surface area is 243 Å². The Morgan fingerprint density at radius 1 is 0.833 bits per heavy atom. The molecule has 3 amide bonds. The van der Waals surface area contributed by atoms with E-state index < -0.39 is 24.0 Å². The van der Waals surface area contributed by atoms with Crippen LogP contribution in [-0.2, 0) is 27.3 Å². The lowest BCUT2D eigenvalue weighted by Gasteiger charge is -2.18. The second-order valence-corrected chi connectivity index (χ2v) is 9.53. The van der Waals surface area contributed by atoms with Crippen molar-refractivity contribution in [2.45, 2.75) is 31.9 Å². The standard InChI is InChI=1S/C32H33N3O7/c1-40-31(38)24-15-13-22(14-16-24)17-19-33-29(36)26(35-30(37)28-20-25-10-5-6-12-27(25)42-28)11-7-18-34-32(39)41-21-23-8-3-2-4-9-23/h2-6,8-10,12-16,20,26H,7,11,17-19,21H2,1H3,(H,33,36)(H,34,39)(H,35,37)/t26-/m0/s1. The lowest BCUT2D eigenvalue weighted by atomic mass is 10.1. The average molecular weight is 572 g/mol. The molecule has 0 saturated carbocycles. The number of rotatable bonds is 13. The third-order valence-electron chi connectivity index (χ3n) is 6.51. The lowest BCUT2D eigenvalue weighted by molar-refractivity contribution is -0.123. The molecule has 0 aliphatic rings. The molecule has 10 nitrogen and oxygen atoms in total. The van der Waals surface area contributed by atoms with Crippen LogP contribution in [0.2, 0.25) is 0 Å². The Bertz CT molecular complexity index is 1470. The van der Waals surface area contributed by atoms with Gasteiger partial charge in [-0.05, 0) is 54.7 Å². The number of benzene rings is 3. The minimum Gasteiger partial charge on any atom is -0.465 e. The number of carbonyl (C=O) groups is 4. The molecule has 4 aromatic rings. The summed E-state index contributed by atoms with van der Waals surface area (Å²) >= 11 is 0. The first kappa shape index (κ1) is 29.9. The van der Waals surface area contributed by atoms with Crippen molar-refractivity contribution in [3.05, 3.63) is 107 Å². The average Bonchev–Trinajstić information content (AvgIpc) is 3.46. The molecule has 42 heavy (non-hydrogen) atoms. The van der Waals surface area contributed by atoms with Crippen molar-refractivity contribution >= 4 is 34.8 Å². The minimum absolute atomic E-state index is 0.0994. The number of nitrogens with one attached hydrogen (secondary N) is 3. The van der Waals surface area contributed by atoms with E-state index in [1.165, 1.54) is 7.11 Å². The molecule has 0 radical (unpaired) electrons. The smallest absolute Gasteiger partial charge is 0.407 e. The second-order valence-electron chi connectivity index (χ2n) is 9.53. The maximum absolute atomic E-state index is 13.1. The number of hydrogen-bond acceptors (Lipinski definition) is 7. The monoisotopic (exact) mass is 571 g/mol. The number of methoxy groups -OCH3 is 1. The zero-order valence-corrected chi connectivity index (χ0v) is 23.3. The van der Waals surface area contributed by atoms with E-state index in [1.54, 1.807) is 36.4 Å². The van der Waals surface area contributed by atoms with Gasteiger partial charge in [0.05, 0.1) is 12.7 Å². The summed E-state index contributed by atoms with van der Waals surface area (Å²) in [6.07, 6.45) is 0.634. The van der Waals surface area contributed by atoms with E-state index in [0.29, 0.717) is 30.5 Å². The van der Waals surface area contributed by atoms with E-state index in [-0.39, 0.29) is 31.2 Å². The molecule has 218 valence electrons. The van der Waals surface area contributed by atoms with Gasteiger partial charge in [-0.25, -0.2) is 9.59 Å². The van der Waals surface area contributed by atoms with Gasteiger partial charge in [-0.2, -0.15) is 0 Å². The normalized spacial score (nSPS) is 11.4. The summed E-state index contributed by atoms with van der Waals surface area (Å²) in [6.45, 7) is 0.721. The van der Waals surface area contributed by atoms with Gasteiger partial charge in [0.25, 0.3) is 5.91 Å². The Hall–Kier alpha value is -5.12. The zero-order valence-electron chi connectivity index (χ0n) is 23.3. The number of para-hydroxylation sites is 1. The van der Waals surface area contributed by atoms with Gasteiger partial charge in [0.2, 0.25) is 5.91 Å². The summed E-state index contributed by atoms with van der Waals surface area (Å²) < 4.78 is 15.6. The first-order valence-corrected chi connectivity index (χ1v) is 13.6. The van der Waals surface area contributed by atoms with Crippen LogP contribution in [0.15, 0.2) is 89.3 Å². The Morgan fingerprint density at radius 3 is 2.31 bits per heavy atom. The molecule has 1 atom stereocenters. The summed E-state index contributed by atoms with van der Waals surface area (Å²) in [5.74, 6) is -1.20. The number of esters is 1. The van der Waals surface area contributed by atoms with Gasteiger partial charge in [-0.3, -0.25) is 9.59 Å². The van der Waals surface area contributed by atoms with E-state index in [4.69, 9.17) is 13.9 Å². The van der Waals surface area contributed by atoms with Crippen molar-refractivity contribution in [3.8, 4) is 0 Å². The molecule has 1 heterocycles. The second kappa shape index (κ2) is 15.0. The van der Waals surface area contributed by atoms with Crippen molar-refractivity contribution in [1.29, 1.82) is 0 Å². The highest BCUT2D eigenvalue weighted by Crippen LogP contribution is 2.19. The highest BCUT2D eigenvalue weighted by Gasteiger charge is 2.23. The summed E-state index contributed by atoms with van der Waals surface area (Å²) in [5.41, 5.74) is 2.80. The topological polar surface area (TPSA) is 136 Å². The van der Waals surface area contributed by atoms with E-state index in [2.05, 4.69) is 16.0 Å². The maximum atomic E-state index is 13.1. The number of amides is 3. The van der Waals surface area contributed by atoms with Gasteiger partial charge in [0, 0.05) is 18.5 Å². The Kier molecular flexibility index (Phi) is 10.7. The first-order chi connectivity index (χ1) is 20.4. The quantitative estimate of drug-likeness (QED) is 0.160. The summed E-state index contributed by atoms with van der Waals surface area (Å²) in [5, 5.41) is 9.08. The number of carbonyl (C=O) groups excluding carboxylic acids is 4. The van der Waals surface area contributed by atoms with Gasteiger partial charge in [-0.15, -0.1) is 0 Å². The van der Waals surface area contributed by atoms with Crippen LogP contribution < -0.4 is 16.0 Å². The Balaban J connectivity index is 1.30. The fraction of sp³-hybridized carbons (Fsp3) is 0.250. The molecule has 10 heteroatoms. The zero-order chi connectivity index (χ0) is 29.7. The summed E-state index contributed by atoms with van der Waals surface area (Å²) in [6, 6.07) is 24.3. The molecular weight excluding hydrogens is 538 g/mol. The van der Waals surface area contributed by atoms with E-state index >= 15 is 0 Å². The van der Waals surface area contributed by atoms with Crippen LogP contribution in [0.25, 0.3) is 11.0 Å². The van der Waals surface area contributed by atoms with E-state index in [1.807, 2.05) is 48.5 Å². The van der Waals surface area contributed by atoms with Crippen LogP contribution in [-0.4, -0.2) is 50.1 Å². The minimum atomic E-state index is -0.866. The largest absolute Gasteiger partial charge is 0.465 e. The lowest BCUT2D eigenvalue weighted by Crippen LogP contribution is -2.47. The van der Waals surface area contributed by atoms with E-state index in [9.17, 15) is 19.2 Å². The van der Waals surface area contributed by atoms with E-state index in [0.717, 1.165) is 16.5 Å². The van der Waals surface area contributed by atoms with Crippen molar-refractivity contribution in [3.63, 3.8) is 0 Å². The van der Waals surface area contributed by atoms with Gasteiger partial charge in [-0.1, -0.05) is 60.7 Å². The van der Waals surface area contributed by atoms with Gasteiger partial charge >= 0.3 is 12.1 Å². The van der Waals surface area contributed by atoms with Crippen LogP contribution in [0.5, 0.6) is 0 Å². The summed E-state index contributed by atoms with van der Waals surface area (Å²) in [7, 11) is 1.32. The fourth-order valence-corrected chi connectivity index (χ4v) is 4.24. The third kappa shape index (κ3) is 8.69. The maximum Gasteiger partial charge on any atom is 0.407 e. The van der Waals surface area contributed by atoms with Gasteiger partial charge in [0.15, 0.2) is 5.76 Å². The number of ether oxygens (including phenoxy) is 2. The Morgan fingerprint density at radius 2 is 1.57 bits per heavy atom. The predicted octanol–water partition coefficient (Wildman–Crippen LogP) is 4.38. The SMILES string of the molecule is COC(=O)c1ccc(CCNC(=O)[C@H](CCCNC(=O)OCc2ccccc2)NC(=O)c2cc3ccccc3o2)cc1. The molecule has 3 aromatic carbocycles. The number of furan rings is 1. The molecule has 4 rings (SSSR count). The molecule has 1 aromatic heterocycles.